The maximum atomic E-state index is 11.2. The third-order valence-electron chi connectivity index (χ3n) is 0.775. The van der Waals surface area contributed by atoms with E-state index in [1.165, 1.54) is 14.0 Å². The van der Waals surface area contributed by atoms with Crippen molar-refractivity contribution in [2.45, 2.75) is 6.92 Å². The van der Waals surface area contributed by atoms with E-state index >= 15 is 0 Å². The molecule has 0 radical (unpaired) electrons. The van der Waals surface area contributed by atoms with E-state index in [1.807, 2.05) is 0 Å². The van der Waals surface area contributed by atoms with Crippen molar-refractivity contribution < 1.29 is 13.9 Å². The highest BCUT2D eigenvalue weighted by molar-refractivity contribution is 8.55. The van der Waals surface area contributed by atoms with E-state index in [0.29, 0.717) is 0 Å². The summed E-state index contributed by atoms with van der Waals surface area (Å²) in [6, 6.07) is 0. The fraction of sp³-hybridized carbons (Fsp3) is 0.750. The number of carbonyl (C=O) groups excluding carboxylic acids is 1. The predicted molar refractivity (Wildman–Crippen MR) is 41.9 cm³/mol. The Bertz CT molecular complexity index is 164. The summed E-state index contributed by atoms with van der Waals surface area (Å²) < 4.78 is 15.8. The molecule has 1 amide bonds. The van der Waals surface area contributed by atoms with Gasteiger partial charge in [-0.3, -0.25) is 14.4 Å². The van der Waals surface area contributed by atoms with Crippen LogP contribution in [0.5, 0.6) is 0 Å². The summed E-state index contributed by atoms with van der Waals surface area (Å²) in [5, 5.41) is 2.21. The standard InChI is InChI=1S/C4H10NO3PS/c1-4(6)5-9(7,8-2)10-3/h1-3H3,(H,5,6,7). The maximum absolute atomic E-state index is 11.2. The van der Waals surface area contributed by atoms with E-state index in [9.17, 15) is 9.36 Å². The van der Waals surface area contributed by atoms with Gasteiger partial charge in [-0.15, -0.1) is 0 Å². The first-order valence-corrected chi connectivity index (χ1v) is 6.00. The van der Waals surface area contributed by atoms with Crippen molar-refractivity contribution in [1.82, 2.24) is 5.09 Å². The summed E-state index contributed by atoms with van der Waals surface area (Å²) in [7, 11) is 1.30. The first-order valence-electron chi connectivity index (χ1n) is 2.54. The third kappa shape index (κ3) is 3.25. The van der Waals surface area contributed by atoms with Crippen molar-refractivity contribution in [3.8, 4) is 0 Å². The van der Waals surface area contributed by atoms with E-state index in [-0.39, 0.29) is 5.91 Å². The molecule has 0 aliphatic heterocycles. The van der Waals surface area contributed by atoms with Crippen LogP contribution < -0.4 is 5.09 Å². The molecule has 1 atom stereocenters. The second-order valence-corrected chi connectivity index (χ2v) is 6.02. The van der Waals surface area contributed by atoms with Gasteiger partial charge in [-0.05, 0) is 6.26 Å². The molecule has 0 saturated carbocycles. The highest BCUT2D eigenvalue weighted by atomic mass is 32.7. The van der Waals surface area contributed by atoms with Gasteiger partial charge < -0.3 is 4.52 Å². The van der Waals surface area contributed by atoms with Crippen molar-refractivity contribution in [1.29, 1.82) is 0 Å². The maximum Gasteiger partial charge on any atom is 0.352 e. The minimum atomic E-state index is -2.92. The minimum absolute atomic E-state index is 0.348. The van der Waals surface area contributed by atoms with Gasteiger partial charge in [0.15, 0.2) is 0 Å². The van der Waals surface area contributed by atoms with Gasteiger partial charge in [0.1, 0.15) is 0 Å². The molecule has 1 N–H and O–H groups in total. The van der Waals surface area contributed by atoms with Crippen LogP contribution >= 0.6 is 18.1 Å². The van der Waals surface area contributed by atoms with E-state index in [1.54, 1.807) is 6.26 Å². The summed E-state index contributed by atoms with van der Waals surface area (Å²) in [4.78, 5) is 10.4. The number of rotatable bonds is 3. The third-order valence-corrected chi connectivity index (χ3v) is 4.49. The first-order chi connectivity index (χ1) is 4.54. The quantitative estimate of drug-likeness (QED) is 0.669. The fourth-order valence-corrected chi connectivity index (χ4v) is 2.18. The van der Waals surface area contributed by atoms with E-state index in [2.05, 4.69) is 9.61 Å². The zero-order valence-electron chi connectivity index (χ0n) is 6.08. The van der Waals surface area contributed by atoms with Crippen LogP contribution in [0.1, 0.15) is 6.92 Å². The van der Waals surface area contributed by atoms with Gasteiger partial charge >= 0.3 is 6.72 Å². The van der Waals surface area contributed by atoms with Crippen molar-refractivity contribution >= 4 is 24.0 Å². The van der Waals surface area contributed by atoms with Crippen LogP contribution in [0.25, 0.3) is 0 Å². The van der Waals surface area contributed by atoms with Crippen LogP contribution in [0.3, 0.4) is 0 Å². The number of hydrogen-bond acceptors (Lipinski definition) is 4. The lowest BCUT2D eigenvalue weighted by Gasteiger charge is -2.11. The molecule has 0 bridgehead atoms. The SMILES string of the molecule is COP(=O)(NC(C)=O)SC. The molecule has 0 saturated heterocycles. The molecule has 0 aromatic carbocycles. The summed E-state index contributed by atoms with van der Waals surface area (Å²) >= 11 is 1.00. The zero-order chi connectivity index (χ0) is 8.20. The summed E-state index contributed by atoms with van der Waals surface area (Å²) in [6.07, 6.45) is 1.61. The molecular weight excluding hydrogens is 173 g/mol. The van der Waals surface area contributed by atoms with E-state index in [0.717, 1.165) is 11.4 Å². The Balaban J connectivity index is 4.07. The highest BCUT2D eigenvalue weighted by Crippen LogP contribution is 2.53. The molecular formula is C4H10NO3PS. The fourth-order valence-electron chi connectivity index (χ4n) is 0.359. The van der Waals surface area contributed by atoms with Gasteiger partial charge in [-0.1, -0.05) is 11.4 Å². The average molecular weight is 183 g/mol. The monoisotopic (exact) mass is 183 g/mol. The van der Waals surface area contributed by atoms with Gasteiger partial charge in [-0.25, -0.2) is 0 Å². The Labute approximate surface area is 64.0 Å². The van der Waals surface area contributed by atoms with Crippen LogP contribution in [-0.4, -0.2) is 19.3 Å². The van der Waals surface area contributed by atoms with Crippen molar-refractivity contribution in [3.63, 3.8) is 0 Å². The van der Waals surface area contributed by atoms with Gasteiger partial charge in [0.2, 0.25) is 5.91 Å². The summed E-state index contributed by atoms with van der Waals surface area (Å²) in [5.74, 6) is -0.348. The first kappa shape index (κ1) is 10.0. The molecule has 4 nitrogen and oxygen atoms in total. The molecule has 0 fully saturated rings. The Hall–Kier alpha value is 0.01000. The van der Waals surface area contributed by atoms with Crippen LogP contribution in [0.2, 0.25) is 0 Å². The highest BCUT2D eigenvalue weighted by Gasteiger charge is 2.20. The number of nitrogens with one attached hydrogen (secondary N) is 1. The molecule has 0 aromatic rings. The zero-order valence-corrected chi connectivity index (χ0v) is 7.79. The molecule has 0 aromatic heterocycles. The Morgan fingerprint density at radius 2 is 2.20 bits per heavy atom. The van der Waals surface area contributed by atoms with Crippen LogP contribution in [0.15, 0.2) is 0 Å². The summed E-state index contributed by atoms with van der Waals surface area (Å²) in [6.45, 7) is -1.63. The molecule has 6 heteroatoms. The average Bonchev–Trinajstić information content (AvgIpc) is 1.87. The molecule has 0 heterocycles. The van der Waals surface area contributed by atoms with E-state index < -0.39 is 6.72 Å². The van der Waals surface area contributed by atoms with Gasteiger partial charge in [-0.2, -0.15) is 0 Å². The molecule has 1 unspecified atom stereocenters. The smallest absolute Gasteiger partial charge is 0.309 e. The van der Waals surface area contributed by atoms with Gasteiger partial charge in [0, 0.05) is 14.0 Å². The van der Waals surface area contributed by atoms with Crippen molar-refractivity contribution in [2.24, 2.45) is 0 Å². The lowest BCUT2D eigenvalue weighted by molar-refractivity contribution is -0.117. The second-order valence-electron chi connectivity index (χ2n) is 1.53. The Morgan fingerprint density at radius 3 is 2.30 bits per heavy atom. The lowest BCUT2D eigenvalue weighted by atomic mass is 10.8. The lowest BCUT2D eigenvalue weighted by Crippen LogP contribution is -2.15. The Morgan fingerprint density at radius 1 is 1.70 bits per heavy atom. The molecule has 0 aliphatic rings. The molecule has 60 valence electrons. The minimum Gasteiger partial charge on any atom is -0.309 e. The number of carbonyl (C=O) groups is 1. The van der Waals surface area contributed by atoms with Crippen LogP contribution in [-0.2, 0) is 13.9 Å². The second kappa shape index (κ2) is 4.01. The Kier molecular flexibility index (Phi) is 4.01. The molecule has 10 heavy (non-hydrogen) atoms. The topological polar surface area (TPSA) is 55.4 Å². The van der Waals surface area contributed by atoms with Gasteiger partial charge in [0.25, 0.3) is 0 Å². The molecule has 0 rings (SSSR count). The normalized spacial score (nSPS) is 15.9. The predicted octanol–water partition coefficient (Wildman–Crippen LogP) is 1.24. The van der Waals surface area contributed by atoms with Crippen LogP contribution in [0, 0.1) is 0 Å². The van der Waals surface area contributed by atoms with E-state index in [4.69, 9.17) is 0 Å². The number of hydrogen-bond donors (Lipinski definition) is 1. The van der Waals surface area contributed by atoms with Crippen molar-refractivity contribution in [3.05, 3.63) is 0 Å². The van der Waals surface area contributed by atoms with Gasteiger partial charge in [0.05, 0.1) is 0 Å². The van der Waals surface area contributed by atoms with Crippen LogP contribution in [0.4, 0.5) is 0 Å². The van der Waals surface area contributed by atoms with Crippen molar-refractivity contribution in [2.75, 3.05) is 13.4 Å². The molecule has 0 spiro atoms. The largest absolute Gasteiger partial charge is 0.352 e. The summed E-state index contributed by atoms with van der Waals surface area (Å²) in [5.41, 5.74) is 0. The number of amides is 1. The molecule has 0 aliphatic carbocycles.